The van der Waals surface area contributed by atoms with Crippen LogP contribution in [0.3, 0.4) is 0 Å². The molecule has 6 unspecified atom stereocenters. The van der Waals surface area contributed by atoms with Gasteiger partial charge >= 0.3 is 0 Å². The number of hydrogen-bond donors (Lipinski definition) is 4. The molecule has 0 aromatic heterocycles. The smallest absolute Gasteiger partial charge is 0.236 e. The van der Waals surface area contributed by atoms with Crippen LogP contribution in [0.5, 0.6) is 0 Å². The highest BCUT2D eigenvalue weighted by molar-refractivity contribution is 5.84. The van der Waals surface area contributed by atoms with Crippen molar-refractivity contribution in [2.24, 2.45) is 22.8 Å². The molecule has 2 saturated heterocycles. The highest BCUT2D eigenvalue weighted by Crippen LogP contribution is 2.71. The Bertz CT molecular complexity index is 926. The normalized spacial score (nSPS) is 39.2. The highest BCUT2D eigenvalue weighted by atomic mass is 19.1. The largest absolute Gasteiger partial charge is 0.350 e. The summed E-state index contributed by atoms with van der Waals surface area (Å²) in [5, 5.41) is 5.96. The lowest BCUT2D eigenvalue weighted by Gasteiger charge is -2.49. The minimum atomic E-state index is -1.25. The van der Waals surface area contributed by atoms with Gasteiger partial charge in [-0.25, -0.2) is 8.78 Å². The molecule has 2 amide bonds. The van der Waals surface area contributed by atoms with Gasteiger partial charge in [0.1, 0.15) is 17.9 Å². The van der Waals surface area contributed by atoms with Gasteiger partial charge in [0.15, 0.2) is 0 Å². The Kier molecular flexibility index (Phi) is 5.31. The van der Waals surface area contributed by atoms with Gasteiger partial charge in [0.25, 0.3) is 0 Å². The lowest BCUT2D eigenvalue weighted by Crippen LogP contribution is -2.68. The van der Waals surface area contributed by atoms with Crippen molar-refractivity contribution < 1.29 is 18.4 Å². The van der Waals surface area contributed by atoms with Crippen LogP contribution in [-0.2, 0) is 9.59 Å². The van der Waals surface area contributed by atoms with E-state index >= 15 is 4.39 Å². The van der Waals surface area contributed by atoms with Crippen molar-refractivity contribution in [2.75, 3.05) is 39.8 Å². The molecule has 6 atom stereocenters. The van der Waals surface area contributed by atoms with Crippen LogP contribution in [0.15, 0.2) is 23.8 Å². The van der Waals surface area contributed by atoms with Crippen LogP contribution in [0.25, 0.3) is 0 Å². The molecule has 4 aliphatic heterocycles. The number of amides is 2. The summed E-state index contributed by atoms with van der Waals surface area (Å²) in [5.41, 5.74) is 12.2. The van der Waals surface area contributed by atoms with Crippen molar-refractivity contribution in [1.29, 1.82) is 0 Å². The van der Waals surface area contributed by atoms with Crippen LogP contribution in [0.1, 0.15) is 19.8 Å². The minimum absolute atomic E-state index is 0.0739. The summed E-state index contributed by atoms with van der Waals surface area (Å²) in [4.78, 5) is 30.9. The van der Waals surface area contributed by atoms with Crippen molar-refractivity contribution in [1.82, 2.24) is 25.3 Å². The number of likely N-dealkylation sites (N-methyl/N-ethyl adjacent to an activating group) is 1. The number of nitrogens with one attached hydrogen (secondary N) is 2. The summed E-state index contributed by atoms with van der Waals surface area (Å²) >= 11 is 0. The number of carbonyl (C=O) groups is 2. The first-order chi connectivity index (χ1) is 15.6. The third-order valence-electron chi connectivity index (χ3n) is 8.21. The molecule has 1 saturated carbocycles. The summed E-state index contributed by atoms with van der Waals surface area (Å²) in [7, 11) is 1.73. The molecule has 11 heteroatoms. The fraction of sp³-hybridized carbons (Fsp3) is 0.727. The number of nitrogens with zero attached hydrogens (tertiary/aromatic N) is 3. The highest BCUT2D eigenvalue weighted by Gasteiger charge is 2.73. The van der Waals surface area contributed by atoms with E-state index in [1.165, 1.54) is 6.20 Å². The summed E-state index contributed by atoms with van der Waals surface area (Å²) in [6.07, 6.45) is 2.40. The summed E-state index contributed by atoms with van der Waals surface area (Å²) in [5.74, 6) is -1.61. The monoisotopic (exact) mass is 465 g/mol. The van der Waals surface area contributed by atoms with Crippen molar-refractivity contribution in [3.63, 3.8) is 0 Å². The molecular weight excluding hydrogens is 432 g/mol. The molecule has 4 heterocycles. The van der Waals surface area contributed by atoms with Crippen molar-refractivity contribution in [3.05, 3.63) is 23.8 Å². The van der Waals surface area contributed by atoms with Gasteiger partial charge in [-0.1, -0.05) is 6.92 Å². The van der Waals surface area contributed by atoms with E-state index in [2.05, 4.69) is 10.6 Å². The number of piperidine rings is 1. The maximum absolute atomic E-state index is 15.0. The number of piperazine rings is 1. The topological polar surface area (TPSA) is 120 Å². The zero-order valence-electron chi connectivity index (χ0n) is 19.1. The Hall–Kier alpha value is -2.08. The number of hydrogen-bond acceptors (Lipinski definition) is 7. The number of allylic oxidation sites excluding steroid dienone is 1. The van der Waals surface area contributed by atoms with Gasteiger partial charge in [-0.05, 0) is 12.5 Å². The molecule has 6 N–H and O–H groups in total. The lowest BCUT2D eigenvalue weighted by molar-refractivity contribution is -0.137. The number of nitrogens with two attached hydrogens (primary N) is 2. The summed E-state index contributed by atoms with van der Waals surface area (Å²) < 4.78 is 29.3. The Morgan fingerprint density at radius 2 is 2.09 bits per heavy atom. The van der Waals surface area contributed by atoms with Crippen molar-refractivity contribution in [3.8, 4) is 0 Å². The van der Waals surface area contributed by atoms with E-state index in [1.54, 1.807) is 11.9 Å². The standard InChI is InChI=1S/C22H33F2N7O2/c1-21-5-12(23)9-31-15(6-22(21,31)11-21)17(19(25)26)20(33)28-14-8-27-7-13(24)18(14)30-4-3-29(2)16(32)10-30/h6,9,13-14,17-19,27H,3-5,7-8,10-11,25-26H2,1-2H3,(H,28,33). The van der Waals surface area contributed by atoms with Gasteiger partial charge < -0.3 is 31.9 Å². The Labute approximate surface area is 192 Å². The molecule has 182 valence electrons. The third kappa shape index (κ3) is 3.48. The number of rotatable bonds is 5. The predicted molar refractivity (Wildman–Crippen MR) is 118 cm³/mol. The molecule has 0 bridgehead atoms. The number of halogens is 2. The van der Waals surface area contributed by atoms with Gasteiger partial charge in [-0.3, -0.25) is 14.5 Å². The molecule has 5 rings (SSSR count). The van der Waals surface area contributed by atoms with E-state index in [9.17, 15) is 14.0 Å². The average Bonchev–Trinajstić information content (AvgIpc) is 3.35. The van der Waals surface area contributed by atoms with Gasteiger partial charge in [0, 0.05) is 57.0 Å². The molecule has 3 fully saturated rings. The second-order valence-electron chi connectivity index (χ2n) is 10.5. The van der Waals surface area contributed by atoms with Gasteiger partial charge in [0.05, 0.1) is 30.3 Å². The number of alkyl halides is 1. The van der Waals surface area contributed by atoms with Gasteiger partial charge in [-0.15, -0.1) is 0 Å². The molecular formula is C22H33F2N7O2. The molecule has 5 aliphatic rings. The summed E-state index contributed by atoms with van der Waals surface area (Å²) in [6, 6.07) is -1.20. The maximum atomic E-state index is 15.0. The fourth-order valence-corrected chi connectivity index (χ4v) is 6.20. The molecule has 0 aromatic carbocycles. The first-order valence-corrected chi connectivity index (χ1v) is 11.6. The Morgan fingerprint density at radius 3 is 2.79 bits per heavy atom. The lowest BCUT2D eigenvalue weighted by atomic mass is 9.82. The molecule has 1 aliphatic carbocycles. The quantitative estimate of drug-likeness (QED) is 0.384. The first kappa shape index (κ1) is 22.7. The molecule has 9 nitrogen and oxygen atoms in total. The predicted octanol–water partition coefficient (Wildman–Crippen LogP) is -1.02. The fourth-order valence-electron chi connectivity index (χ4n) is 6.20. The minimum Gasteiger partial charge on any atom is -0.350 e. The summed E-state index contributed by atoms with van der Waals surface area (Å²) in [6.45, 7) is 3.70. The van der Waals surface area contributed by atoms with E-state index in [-0.39, 0.29) is 35.8 Å². The van der Waals surface area contributed by atoms with Gasteiger partial charge in [0.2, 0.25) is 11.8 Å². The van der Waals surface area contributed by atoms with Crippen LogP contribution in [0.2, 0.25) is 0 Å². The third-order valence-corrected chi connectivity index (χ3v) is 8.21. The Balaban J connectivity index is 1.34. The second kappa shape index (κ2) is 7.72. The zero-order chi connectivity index (χ0) is 23.7. The van der Waals surface area contributed by atoms with Gasteiger partial charge in [-0.2, -0.15) is 0 Å². The van der Waals surface area contributed by atoms with Crippen molar-refractivity contribution in [2.45, 2.75) is 49.7 Å². The molecule has 0 aromatic rings. The Morgan fingerprint density at radius 1 is 1.33 bits per heavy atom. The molecule has 33 heavy (non-hydrogen) atoms. The van der Waals surface area contributed by atoms with Crippen molar-refractivity contribution >= 4 is 11.8 Å². The van der Waals surface area contributed by atoms with Crippen LogP contribution >= 0.6 is 0 Å². The van der Waals surface area contributed by atoms with E-state index in [0.29, 0.717) is 31.8 Å². The van der Waals surface area contributed by atoms with E-state index in [1.807, 2.05) is 22.8 Å². The van der Waals surface area contributed by atoms with E-state index < -0.39 is 36.2 Å². The van der Waals surface area contributed by atoms with Crippen LogP contribution in [0.4, 0.5) is 8.78 Å². The van der Waals surface area contributed by atoms with E-state index in [0.717, 1.165) is 6.42 Å². The second-order valence-corrected chi connectivity index (χ2v) is 10.5. The number of carbonyl (C=O) groups excluding carboxylic acids is 2. The first-order valence-electron chi connectivity index (χ1n) is 11.6. The van der Waals surface area contributed by atoms with Crippen LogP contribution in [0, 0.1) is 11.3 Å². The van der Waals surface area contributed by atoms with E-state index in [4.69, 9.17) is 11.5 Å². The van der Waals surface area contributed by atoms with Crippen LogP contribution in [-0.4, -0.2) is 96.2 Å². The zero-order valence-corrected chi connectivity index (χ0v) is 19.1. The molecule has 1 spiro atoms. The molecule has 0 radical (unpaired) electrons. The van der Waals surface area contributed by atoms with Crippen LogP contribution < -0.4 is 22.1 Å². The average molecular weight is 466 g/mol. The SMILES string of the molecule is CN1CCN(C2C(F)CNCC2NC(=O)C(C2=CC34CC3(C)CC(F)=CN24)C(N)N)CC1=O. The maximum Gasteiger partial charge on any atom is 0.236 e.